The molecule has 1 saturated heterocycles. The van der Waals surface area contributed by atoms with E-state index in [1.165, 1.54) is 89.9 Å². The van der Waals surface area contributed by atoms with Gasteiger partial charge in [0.15, 0.2) is 12.4 Å². The highest BCUT2D eigenvalue weighted by Crippen LogP contribution is 2.26. The van der Waals surface area contributed by atoms with Gasteiger partial charge < -0.3 is 45.1 Å². The van der Waals surface area contributed by atoms with Crippen molar-refractivity contribution in [1.29, 1.82) is 0 Å². The fourth-order valence-corrected chi connectivity index (χ4v) is 9.09. The van der Waals surface area contributed by atoms with Gasteiger partial charge in [0.05, 0.1) is 25.4 Å². The maximum Gasteiger partial charge on any atom is 0.306 e. The molecule has 1 rings (SSSR count). The number of esters is 1. The zero-order valence-corrected chi connectivity index (χ0v) is 50.4. The summed E-state index contributed by atoms with van der Waals surface area (Å²) in [5.41, 5.74) is 0. The van der Waals surface area contributed by atoms with Crippen molar-refractivity contribution in [3.8, 4) is 0 Å². The highest BCUT2D eigenvalue weighted by atomic mass is 16.7. The van der Waals surface area contributed by atoms with Gasteiger partial charge in [-0.15, -0.1) is 0 Å². The number of rotatable bonds is 52. The molecule has 1 fully saturated rings. The second-order valence-corrected chi connectivity index (χ2v) is 21.4. The number of amides is 1. The van der Waals surface area contributed by atoms with Crippen molar-refractivity contribution in [1.82, 2.24) is 5.32 Å². The molecule has 0 radical (unpaired) electrons. The van der Waals surface area contributed by atoms with E-state index in [1.807, 2.05) is 18.2 Å². The summed E-state index contributed by atoms with van der Waals surface area (Å²) in [6.45, 7) is 5.59. The Morgan fingerprint density at radius 2 is 0.900 bits per heavy atom. The number of aliphatic hydroxyl groups is 5. The molecule has 6 N–H and O–H groups in total. The van der Waals surface area contributed by atoms with Crippen LogP contribution in [0, 0.1) is 0 Å². The van der Waals surface area contributed by atoms with Gasteiger partial charge in [0.25, 0.3) is 0 Å². The molecule has 8 atom stereocenters. The zero-order chi connectivity index (χ0) is 58.2. The number of allylic oxidation sites excluding steroid dienone is 18. The van der Waals surface area contributed by atoms with Crippen molar-refractivity contribution in [2.24, 2.45) is 0 Å². The van der Waals surface area contributed by atoms with Gasteiger partial charge in [-0.25, -0.2) is 0 Å². The molecule has 1 aliphatic rings. The summed E-state index contributed by atoms with van der Waals surface area (Å²) in [5, 5.41) is 56.9. The fourth-order valence-electron chi connectivity index (χ4n) is 9.09. The van der Waals surface area contributed by atoms with Crippen LogP contribution in [0.15, 0.2) is 122 Å². The van der Waals surface area contributed by atoms with Crippen LogP contribution in [0.4, 0.5) is 0 Å². The van der Waals surface area contributed by atoms with Crippen molar-refractivity contribution in [2.75, 3.05) is 13.2 Å². The van der Waals surface area contributed by atoms with Crippen molar-refractivity contribution in [3.63, 3.8) is 0 Å². The molecular formula is C69H115NO10. The van der Waals surface area contributed by atoms with E-state index in [4.69, 9.17) is 14.2 Å². The van der Waals surface area contributed by atoms with E-state index in [9.17, 15) is 35.1 Å². The van der Waals surface area contributed by atoms with E-state index in [-0.39, 0.29) is 19.4 Å². The van der Waals surface area contributed by atoms with E-state index in [1.54, 1.807) is 12.2 Å². The molecule has 1 amide bonds. The smallest absolute Gasteiger partial charge is 0.306 e. The Labute approximate surface area is 487 Å². The summed E-state index contributed by atoms with van der Waals surface area (Å²) in [6, 6.07) is -1.07. The Balaban J connectivity index is 2.72. The third kappa shape index (κ3) is 42.8. The summed E-state index contributed by atoms with van der Waals surface area (Å²) in [6.07, 6.45) is 66.8. The Hall–Kier alpha value is -3.94. The zero-order valence-electron chi connectivity index (χ0n) is 50.4. The highest BCUT2D eigenvalue weighted by Gasteiger charge is 2.47. The van der Waals surface area contributed by atoms with E-state index >= 15 is 0 Å². The first-order valence-corrected chi connectivity index (χ1v) is 31.8. The summed E-state index contributed by atoms with van der Waals surface area (Å²) >= 11 is 0. The van der Waals surface area contributed by atoms with E-state index in [0.29, 0.717) is 12.8 Å². The molecule has 0 aromatic carbocycles. The van der Waals surface area contributed by atoms with Crippen LogP contribution in [0.25, 0.3) is 0 Å². The number of carbonyl (C=O) groups excluding carboxylic acids is 2. The van der Waals surface area contributed by atoms with Crippen molar-refractivity contribution in [3.05, 3.63) is 122 Å². The lowest BCUT2D eigenvalue weighted by molar-refractivity contribution is -0.305. The van der Waals surface area contributed by atoms with Gasteiger partial charge in [-0.05, 0) is 96.3 Å². The van der Waals surface area contributed by atoms with Crippen LogP contribution in [0.5, 0.6) is 0 Å². The molecule has 0 saturated carbocycles. The fraction of sp³-hybridized carbons (Fsp3) is 0.681. The van der Waals surface area contributed by atoms with Crippen molar-refractivity contribution in [2.45, 2.75) is 288 Å². The molecule has 80 heavy (non-hydrogen) atoms. The van der Waals surface area contributed by atoms with Crippen LogP contribution >= 0.6 is 0 Å². The van der Waals surface area contributed by atoms with Crippen LogP contribution in [-0.4, -0.2) is 99.6 Å². The molecule has 8 unspecified atom stereocenters. The van der Waals surface area contributed by atoms with Gasteiger partial charge in [0, 0.05) is 12.8 Å². The van der Waals surface area contributed by atoms with Crippen LogP contribution in [0.3, 0.4) is 0 Å². The van der Waals surface area contributed by atoms with Crippen LogP contribution in [-0.2, 0) is 23.8 Å². The monoisotopic (exact) mass is 1120 g/mol. The average Bonchev–Trinajstić information content (AvgIpc) is 3.45. The predicted molar refractivity (Wildman–Crippen MR) is 333 cm³/mol. The molecule has 0 aromatic rings. The third-order valence-corrected chi connectivity index (χ3v) is 14.1. The summed E-state index contributed by atoms with van der Waals surface area (Å²) in [5.74, 6) is -1.30. The van der Waals surface area contributed by atoms with E-state index in [2.05, 4.69) is 117 Å². The minimum atomic E-state index is -1.64. The highest BCUT2D eigenvalue weighted by molar-refractivity contribution is 5.81. The molecule has 1 aliphatic heterocycles. The Kier molecular flexibility index (Phi) is 51.5. The van der Waals surface area contributed by atoms with E-state index < -0.39 is 67.4 Å². The van der Waals surface area contributed by atoms with Crippen LogP contribution in [0.2, 0.25) is 0 Å². The van der Waals surface area contributed by atoms with Gasteiger partial charge >= 0.3 is 5.97 Å². The quantitative estimate of drug-likeness (QED) is 0.0195. The Morgan fingerprint density at radius 3 is 1.38 bits per heavy atom. The number of unbranched alkanes of at least 4 members (excludes halogenated alkanes) is 21. The molecular weight excluding hydrogens is 1000 g/mol. The lowest BCUT2D eigenvalue weighted by Gasteiger charge is -2.41. The van der Waals surface area contributed by atoms with Gasteiger partial charge in [-0.1, -0.05) is 251 Å². The lowest BCUT2D eigenvalue weighted by atomic mass is 9.99. The molecule has 0 bridgehead atoms. The second-order valence-electron chi connectivity index (χ2n) is 21.4. The minimum Gasteiger partial charge on any atom is -0.454 e. The molecule has 11 nitrogen and oxygen atoms in total. The molecule has 456 valence electrons. The molecule has 0 spiro atoms. The third-order valence-electron chi connectivity index (χ3n) is 14.1. The SMILES string of the molecule is CC/C=C\C/C=C\C/C=C\C/C=C\C/C=C\C/C=C\CC(O)C(=O)NC(COC1OC(CO)C(O)C(O)C1OC(=O)CCCCCCCCCC/C=C\C/C=C\C/C=C\CCCCC)C(O)/C=C/CCCCCCCCCCCC. The number of ether oxygens (including phenoxy) is 3. The van der Waals surface area contributed by atoms with Gasteiger partial charge in [0.1, 0.15) is 24.4 Å². The summed E-state index contributed by atoms with van der Waals surface area (Å²) < 4.78 is 17.6. The standard InChI is InChI=1S/C69H115NO10/c1-4-7-10-13-16-19-22-25-27-29-31-32-33-35-37-39-42-45-48-51-54-57-64(74)80-67-66(76)65(75)63(58-71)79-69(67)78-59-60(61(72)55-52-49-46-43-40-24-21-18-15-12-9-6-3)70-68(77)62(73)56-53-50-47-44-41-38-36-34-30-28-26-23-20-17-14-11-8-5-2/h8,11,16-17,19-20,25-28,31-32,34,36,41,44,50,52-53,55,60-63,65-67,69,71-73,75-76H,4-7,9-10,12-15,18,21-24,29-30,33,35,37-40,42-43,45-49,51,54,56-59H2,1-3H3,(H,70,77)/b11-8-,19-16-,20-17-,27-25-,28-26-,32-31-,36-34-,44-41-,53-50-,55-52+. The largest absolute Gasteiger partial charge is 0.454 e. The molecule has 0 aliphatic carbocycles. The Morgan fingerprint density at radius 1 is 0.500 bits per heavy atom. The number of hydrogen-bond acceptors (Lipinski definition) is 10. The first-order valence-electron chi connectivity index (χ1n) is 31.8. The maximum atomic E-state index is 13.4. The Bertz CT molecular complexity index is 1760. The van der Waals surface area contributed by atoms with Crippen molar-refractivity contribution >= 4 is 11.9 Å². The minimum absolute atomic E-state index is 0.0512. The van der Waals surface area contributed by atoms with Gasteiger partial charge in [-0.2, -0.15) is 0 Å². The van der Waals surface area contributed by atoms with Gasteiger partial charge in [-0.3, -0.25) is 9.59 Å². The normalized spacial score (nSPS) is 19.6. The molecule has 1 heterocycles. The number of hydrogen-bond donors (Lipinski definition) is 6. The summed E-state index contributed by atoms with van der Waals surface area (Å²) in [4.78, 5) is 26.5. The first kappa shape index (κ1) is 74.1. The predicted octanol–water partition coefficient (Wildman–Crippen LogP) is 15.4. The number of nitrogens with one attached hydrogen (secondary N) is 1. The van der Waals surface area contributed by atoms with Crippen LogP contribution < -0.4 is 5.32 Å². The average molecular weight is 1120 g/mol. The summed E-state index contributed by atoms with van der Waals surface area (Å²) in [7, 11) is 0. The number of aliphatic hydroxyl groups excluding tert-OH is 5. The number of carbonyl (C=O) groups is 2. The van der Waals surface area contributed by atoms with E-state index in [0.717, 1.165) is 103 Å². The topological polar surface area (TPSA) is 175 Å². The maximum absolute atomic E-state index is 13.4. The first-order chi connectivity index (χ1) is 39.2. The molecule has 11 heteroatoms. The lowest BCUT2D eigenvalue weighted by Crippen LogP contribution is -2.61. The second kappa shape index (κ2) is 55.6. The molecule has 0 aromatic heterocycles. The van der Waals surface area contributed by atoms with Gasteiger partial charge in [0.2, 0.25) is 5.91 Å². The van der Waals surface area contributed by atoms with Crippen LogP contribution in [0.1, 0.15) is 239 Å². The van der Waals surface area contributed by atoms with Crippen molar-refractivity contribution < 1.29 is 49.3 Å².